The fourth-order valence-corrected chi connectivity index (χ4v) is 2.76. The van der Waals surface area contributed by atoms with Gasteiger partial charge in [-0.1, -0.05) is 0 Å². The zero-order chi connectivity index (χ0) is 15.6. The number of aryl methyl sites for hydroxylation is 1. The van der Waals surface area contributed by atoms with Crippen molar-refractivity contribution >= 4 is 23.6 Å². The number of hydrogen-bond donors (Lipinski definition) is 3. The van der Waals surface area contributed by atoms with Gasteiger partial charge in [0.25, 0.3) is 5.91 Å². The highest BCUT2D eigenvalue weighted by Gasteiger charge is 2.44. The number of nitrogens with zero attached hydrogens (tertiary/aromatic N) is 1. The maximum Gasteiger partial charge on any atom is 0.346 e. The number of hydrogen-bond acceptors (Lipinski definition) is 6. The average molecular weight is 313 g/mol. The molecule has 1 aromatic rings. The van der Waals surface area contributed by atoms with E-state index < -0.39 is 23.1 Å². The Morgan fingerprint density at radius 2 is 2.24 bits per heavy atom. The van der Waals surface area contributed by atoms with Crippen LogP contribution in [0.2, 0.25) is 0 Å². The van der Waals surface area contributed by atoms with Crippen molar-refractivity contribution in [3.05, 3.63) is 21.7 Å². The zero-order valence-electron chi connectivity index (χ0n) is 11.6. The Balaban J connectivity index is 2.37. The number of carbonyl (C=O) groups is 2. The van der Waals surface area contributed by atoms with Crippen molar-refractivity contribution < 1.29 is 19.4 Å². The van der Waals surface area contributed by atoms with Gasteiger partial charge in [-0.25, -0.2) is 9.59 Å². The Kier molecular flexibility index (Phi) is 4.33. The highest BCUT2D eigenvalue weighted by atomic mass is 32.2. The van der Waals surface area contributed by atoms with E-state index in [0.29, 0.717) is 5.69 Å². The second-order valence-electron chi connectivity index (χ2n) is 4.70. The Morgan fingerprint density at radius 1 is 1.52 bits per heavy atom. The van der Waals surface area contributed by atoms with Gasteiger partial charge >= 0.3 is 11.7 Å². The predicted molar refractivity (Wildman–Crippen MR) is 74.6 cm³/mol. The summed E-state index contributed by atoms with van der Waals surface area (Å²) in [5, 5.41) is 12.1. The molecule has 2 rings (SSSR count). The van der Waals surface area contributed by atoms with Gasteiger partial charge in [-0.2, -0.15) is 4.98 Å². The molecule has 1 amide bonds. The van der Waals surface area contributed by atoms with E-state index in [9.17, 15) is 19.5 Å². The van der Waals surface area contributed by atoms with Crippen LogP contribution in [0.4, 0.5) is 0 Å². The second kappa shape index (κ2) is 5.86. The van der Waals surface area contributed by atoms with Crippen molar-refractivity contribution in [2.75, 3.05) is 19.5 Å². The van der Waals surface area contributed by atoms with E-state index in [1.165, 1.54) is 0 Å². The van der Waals surface area contributed by atoms with Crippen LogP contribution in [0.3, 0.4) is 0 Å². The second-order valence-corrected chi connectivity index (χ2v) is 5.49. The Labute approximate surface area is 124 Å². The number of aromatic nitrogens is 2. The topological polar surface area (TPSA) is 121 Å². The van der Waals surface area contributed by atoms with Crippen LogP contribution in [0.5, 0.6) is 0 Å². The molecule has 21 heavy (non-hydrogen) atoms. The van der Waals surface area contributed by atoms with Crippen molar-refractivity contribution in [1.82, 2.24) is 15.3 Å². The summed E-state index contributed by atoms with van der Waals surface area (Å²) >= 11 is 1.15. The van der Waals surface area contributed by atoms with E-state index in [-0.39, 0.29) is 30.2 Å². The summed E-state index contributed by atoms with van der Waals surface area (Å²) in [5.41, 5.74) is -1.47. The van der Waals surface area contributed by atoms with E-state index in [2.05, 4.69) is 15.3 Å². The molecule has 1 aliphatic heterocycles. The summed E-state index contributed by atoms with van der Waals surface area (Å²) in [6.07, 6.45) is 1.88. The van der Waals surface area contributed by atoms with Gasteiger partial charge in [-0.05, 0) is 13.2 Å². The van der Waals surface area contributed by atoms with Gasteiger partial charge in [0.1, 0.15) is 5.03 Å². The number of carboxylic acid groups (broad SMARTS) is 1. The lowest BCUT2D eigenvalue weighted by Crippen LogP contribution is -2.55. The third-order valence-corrected chi connectivity index (χ3v) is 3.97. The molecule has 0 aromatic carbocycles. The molecule has 9 heteroatoms. The first-order valence-corrected chi connectivity index (χ1v) is 7.40. The van der Waals surface area contributed by atoms with Gasteiger partial charge in [0.2, 0.25) is 0 Å². The third kappa shape index (κ3) is 2.93. The number of ether oxygens (including phenoxy) is 1. The molecule has 1 fully saturated rings. The summed E-state index contributed by atoms with van der Waals surface area (Å²) in [4.78, 5) is 41.3. The molecule has 2 heterocycles. The van der Waals surface area contributed by atoms with Gasteiger partial charge < -0.3 is 20.1 Å². The SMILES string of the molecule is CSc1nc(=O)[nH]c(C)c1C(=O)NC1(C(=O)O)CCOC1. The number of aliphatic carboxylic acids is 1. The normalized spacial score (nSPS) is 21.2. The molecule has 8 nitrogen and oxygen atoms in total. The number of thioether (sulfide) groups is 1. The van der Waals surface area contributed by atoms with Gasteiger partial charge in [0.15, 0.2) is 5.54 Å². The number of amides is 1. The number of H-pyrrole nitrogens is 1. The molecule has 1 aromatic heterocycles. The van der Waals surface area contributed by atoms with Crippen LogP contribution < -0.4 is 11.0 Å². The van der Waals surface area contributed by atoms with Gasteiger partial charge in [0, 0.05) is 18.7 Å². The largest absolute Gasteiger partial charge is 0.479 e. The number of carboxylic acids is 1. The average Bonchev–Trinajstić information content (AvgIpc) is 2.87. The number of nitrogens with one attached hydrogen (secondary N) is 2. The molecule has 3 N–H and O–H groups in total. The van der Waals surface area contributed by atoms with E-state index in [4.69, 9.17) is 4.74 Å². The molecule has 0 saturated carbocycles. The molecular formula is C12H15N3O5S. The minimum Gasteiger partial charge on any atom is -0.479 e. The zero-order valence-corrected chi connectivity index (χ0v) is 12.4. The van der Waals surface area contributed by atoms with Crippen LogP contribution in [-0.4, -0.2) is 52.0 Å². The van der Waals surface area contributed by atoms with Crippen molar-refractivity contribution in [2.24, 2.45) is 0 Å². The molecule has 1 atom stereocenters. The van der Waals surface area contributed by atoms with Crippen LogP contribution in [0.15, 0.2) is 9.82 Å². The van der Waals surface area contributed by atoms with Crippen LogP contribution in [0, 0.1) is 6.92 Å². The van der Waals surface area contributed by atoms with E-state index in [1.54, 1.807) is 13.2 Å². The third-order valence-electron chi connectivity index (χ3n) is 3.29. The number of carbonyl (C=O) groups excluding carboxylic acids is 1. The lowest BCUT2D eigenvalue weighted by atomic mass is 9.98. The molecular weight excluding hydrogens is 298 g/mol. The van der Waals surface area contributed by atoms with Crippen molar-refractivity contribution in [3.8, 4) is 0 Å². The highest BCUT2D eigenvalue weighted by molar-refractivity contribution is 7.98. The van der Waals surface area contributed by atoms with Crippen molar-refractivity contribution in [2.45, 2.75) is 23.9 Å². The number of aromatic amines is 1. The summed E-state index contributed by atoms with van der Waals surface area (Å²) in [6.45, 7) is 1.75. The monoisotopic (exact) mass is 313 g/mol. The maximum absolute atomic E-state index is 12.4. The maximum atomic E-state index is 12.4. The Bertz CT molecular complexity index is 636. The lowest BCUT2D eigenvalue weighted by Gasteiger charge is -2.24. The van der Waals surface area contributed by atoms with Crippen molar-refractivity contribution in [1.29, 1.82) is 0 Å². The molecule has 0 aliphatic carbocycles. The fourth-order valence-electron chi connectivity index (χ4n) is 2.14. The first kappa shape index (κ1) is 15.5. The molecule has 1 aliphatic rings. The van der Waals surface area contributed by atoms with Crippen LogP contribution in [-0.2, 0) is 9.53 Å². The quantitative estimate of drug-likeness (QED) is 0.518. The van der Waals surface area contributed by atoms with Crippen LogP contribution >= 0.6 is 11.8 Å². The van der Waals surface area contributed by atoms with E-state index >= 15 is 0 Å². The minimum absolute atomic E-state index is 0.0848. The molecule has 1 unspecified atom stereocenters. The van der Waals surface area contributed by atoms with Crippen LogP contribution in [0.1, 0.15) is 22.5 Å². The predicted octanol–water partition coefficient (Wildman–Crippen LogP) is -0.226. The van der Waals surface area contributed by atoms with Gasteiger partial charge in [-0.3, -0.25) is 4.79 Å². The molecule has 0 spiro atoms. The summed E-state index contributed by atoms with van der Waals surface area (Å²) in [7, 11) is 0. The molecule has 1 saturated heterocycles. The van der Waals surface area contributed by atoms with E-state index in [0.717, 1.165) is 11.8 Å². The first-order chi connectivity index (χ1) is 9.89. The standard InChI is InChI=1S/C12H15N3O5S/c1-6-7(9(21-2)14-11(19)13-6)8(16)15-12(10(17)18)3-4-20-5-12/h3-5H2,1-2H3,(H,15,16)(H,17,18)(H,13,14,19). The molecule has 0 bridgehead atoms. The summed E-state index contributed by atoms with van der Waals surface area (Å²) < 4.78 is 5.09. The van der Waals surface area contributed by atoms with Gasteiger partial charge in [0.05, 0.1) is 12.2 Å². The molecule has 114 valence electrons. The lowest BCUT2D eigenvalue weighted by molar-refractivity contribution is -0.144. The Morgan fingerprint density at radius 3 is 2.76 bits per heavy atom. The fraction of sp³-hybridized carbons (Fsp3) is 0.500. The highest BCUT2D eigenvalue weighted by Crippen LogP contribution is 2.23. The van der Waals surface area contributed by atoms with Crippen molar-refractivity contribution in [3.63, 3.8) is 0 Å². The van der Waals surface area contributed by atoms with Gasteiger partial charge in [-0.15, -0.1) is 11.8 Å². The first-order valence-electron chi connectivity index (χ1n) is 6.18. The molecule has 0 radical (unpaired) electrons. The summed E-state index contributed by atoms with van der Waals surface area (Å²) in [5.74, 6) is -1.73. The smallest absolute Gasteiger partial charge is 0.346 e. The van der Waals surface area contributed by atoms with E-state index in [1.807, 2.05) is 0 Å². The summed E-state index contributed by atoms with van der Waals surface area (Å²) in [6, 6.07) is 0. The Hall–Kier alpha value is -1.87. The minimum atomic E-state index is -1.44. The van der Waals surface area contributed by atoms with Crippen LogP contribution in [0.25, 0.3) is 0 Å². The number of rotatable bonds is 4.